The van der Waals surface area contributed by atoms with E-state index in [1.165, 1.54) is 27.7 Å². The van der Waals surface area contributed by atoms with Crippen LogP contribution in [0.15, 0.2) is 41.1 Å². The van der Waals surface area contributed by atoms with Gasteiger partial charge in [0, 0.05) is 21.8 Å². The molecule has 3 aromatic rings. The zero-order chi connectivity index (χ0) is 10.3. The van der Waals surface area contributed by atoms with Crippen LogP contribution in [-0.4, -0.2) is 4.98 Å². The molecule has 0 aliphatic rings. The van der Waals surface area contributed by atoms with Gasteiger partial charge in [-0.15, -0.1) is 0 Å². The van der Waals surface area contributed by atoms with Crippen molar-refractivity contribution in [2.24, 2.45) is 0 Å². The van der Waals surface area contributed by atoms with Crippen molar-refractivity contribution < 1.29 is 0 Å². The smallest absolute Gasteiger partial charge is 0.0502 e. The fourth-order valence-corrected chi connectivity index (χ4v) is 2.62. The highest BCUT2D eigenvalue weighted by molar-refractivity contribution is 7.08. The third-order valence-electron chi connectivity index (χ3n) is 2.78. The minimum atomic E-state index is 1.22. The number of nitrogens with one attached hydrogen (secondary N) is 1. The second-order valence-corrected chi connectivity index (χ2v) is 4.46. The van der Waals surface area contributed by atoms with Crippen molar-refractivity contribution in [2.45, 2.75) is 6.92 Å². The molecular formula is C13H11NS. The van der Waals surface area contributed by atoms with E-state index in [0.29, 0.717) is 0 Å². The number of aryl methyl sites for hydroxylation is 1. The lowest BCUT2D eigenvalue weighted by molar-refractivity contribution is 1.42. The Morgan fingerprint density at radius 2 is 2.00 bits per heavy atom. The number of rotatable bonds is 1. The summed E-state index contributed by atoms with van der Waals surface area (Å²) in [6.45, 7) is 2.17. The highest BCUT2D eigenvalue weighted by atomic mass is 32.1. The quantitative estimate of drug-likeness (QED) is 0.623. The number of para-hydroxylation sites is 1. The molecule has 1 aromatic carbocycles. The van der Waals surface area contributed by atoms with Crippen LogP contribution in [0.5, 0.6) is 0 Å². The summed E-state index contributed by atoms with van der Waals surface area (Å²) in [7, 11) is 0. The van der Waals surface area contributed by atoms with Gasteiger partial charge in [0.05, 0.1) is 5.69 Å². The van der Waals surface area contributed by atoms with Crippen LogP contribution in [-0.2, 0) is 0 Å². The predicted molar refractivity (Wildman–Crippen MR) is 66.3 cm³/mol. The third kappa shape index (κ3) is 1.29. The van der Waals surface area contributed by atoms with Gasteiger partial charge in [0.1, 0.15) is 0 Å². The van der Waals surface area contributed by atoms with E-state index in [4.69, 9.17) is 0 Å². The molecule has 74 valence electrons. The Hall–Kier alpha value is -1.54. The van der Waals surface area contributed by atoms with Crippen molar-refractivity contribution in [3.63, 3.8) is 0 Å². The van der Waals surface area contributed by atoms with E-state index in [-0.39, 0.29) is 0 Å². The van der Waals surface area contributed by atoms with E-state index in [0.717, 1.165) is 0 Å². The first-order valence-electron chi connectivity index (χ1n) is 4.96. The van der Waals surface area contributed by atoms with E-state index < -0.39 is 0 Å². The first-order valence-corrected chi connectivity index (χ1v) is 5.90. The average molecular weight is 213 g/mol. The van der Waals surface area contributed by atoms with Crippen LogP contribution in [0.4, 0.5) is 0 Å². The maximum atomic E-state index is 3.47. The van der Waals surface area contributed by atoms with E-state index in [9.17, 15) is 0 Å². The molecule has 0 unspecified atom stereocenters. The van der Waals surface area contributed by atoms with Gasteiger partial charge in [0.15, 0.2) is 0 Å². The van der Waals surface area contributed by atoms with Crippen molar-refractivity contribution in [1.82, 2.24) is 4.98 Å². The van der Waals surface area contributed by atoms with E-state index >= 15 is 0 Å². The summed E-state index contributed by atoms with van der Waals surface area (Å²) in [5.41, 5.74) is 5.09. The number of H-pyrrole nitrogens is 1. The Balaban J connectivity index is 2.33. The lowest BCUT2D eigenvalue weighted by atomic mass is 10.1. The van der Waals surface area contributed by atoms with Crippen LogP contribution in [0.25, 0.3) is 22.2 Å². The molecule has 0 radical (unpaired) electrons. The Bertz CT molecular complexity index is 590. The molecule has 0 saturated heterocycles. The van der Waals surface area contributed by atoms with Crippen molar-refractivity contribution in [3.05, 3.63) is 46.7 Å². The summed E-state index contributed by atoms with van der Waals surface area (Å²) in [5.74, 6) is 0. The zero-order valence-corrected chi connectivity index (χ0v) is 9.27. The Labute approximate surface area is 92.4 Å². The van der Waals surface area contributed by atoms with Crippen molar-refractivity contribution in [1.29, 1.82) is 0 Å². The maximum absolute atomic E-state index is 3.47. The molecule has 1 N–H and O–H groups in total. The molecule has 1 nitrogen and oxygen atoms in total. The average Bonchev–Trinajstić information content (AvgIpc) is 2.87. The number of hydrogen-bond acceptors (Lipinski definition) is 1. The number of fused-ring (bicyclic) bond motifs is 1. The predicted octanol–water partition coefficient (Wildman–Crippen LogP) is 4.20. The van der Waals surface area contributed by atoms with Gasteiger partial charge >= 0.3 is 0 Å². The minimum absolute atomic E-state index is 1.22. The van der Waals surface area contributed by atoms with Crippen LogP contribution in [0.3, 0.4) is 0 Å². The van der Waals surface area contributed by atoms with Gasteiger partial charge in [-0.2, -0.15) is 11.3 Å². The Morgan fingerprint density at radius 1 is 1.13 bits per heavy atom. The van der Waals surface area contributed by atoms with Crippen LogP contribution in [0, 0.1) is 6.92 Å². The summed E-state index contributed by atoms with van der Waals surface area (Å²) in [5, 5.41) is 5.61. The van der Waals surface area contributed by atoms with Crippen LogP contribution >= 0.6 is 11.3 Å². The lowest BCUT2D eigenvalue weighted by Crippen LogP contribution is -1.75. The summed E-state index contributed by atoms with van der Waals surface area (Å²) in [4.78, 5) is 3.47. The first kappa shape index (κ1) is 8.74. The Kier molecular flexibility index (Phi) is 1.89. The zero-order valence-electron chi connectivity index (χ0n) is 8.45. The largest absolute Gasteiger partial charge is 0.354 e. The molecule has 15 heavy (non-hydrogen) atoms. The number of aromatic amines is 1. The second kappa shape index (κ2) is 3.24. The summed E-state index contributed by atoms with van der Waals surface area (Å²) < 4.78 is 0. The molecule has 3 rings (SSSR count). The molecule has 0 spiro atoms. The van der Waals surface area contributed by atoms with E-state index in [1.807, 2.05) is 0 Å². The van der Waals surface area contributed by atoms with Crippen LogP contribution in [0.1, 0.15) is 5.56 Å². The normalized spacial score (nSPS) is 11.0. The van der Waals surface area contributed by atoms with Gasteiger partial charge in [-0.1, -0.05) is 18.2 Å². The second-order valence-electron chi connectivity index (χ2n) is 3.68. The third-order valence-corrected chi connectivity index (χ3v) is 3.46. The van der Waals surface area contributed by atoms with Gasteiger partial charge in [-0.25, -0.2) is 0 Å². The lowest BCUT2D eigenvalue weighted by Gasteiger charge is -1.94. The minimum Gasteiger partial charge on any atom is -0.354 e. The highest BCUT2D eigenvalue weighted by Gasteiger charge is 2.08. The SMILES string of the molecule is Cc1c(-c2ccsc2)[nH]c2ccccc12. The van der Waals surface area contributed by atoms with Crippen molar-refractivity contribution in [3.8, 4) is 11.3 Å². The van der Waals surface area contributed by atoms with Gasteiger partial charge in [-0.05, 0) is 30.0 Å². The number of aromatic nitrogens is 1. The summed E-state index contributed by atoms with van der Waals surface area (Å²) >= 11 is 1.73. The van der Waals surface area contributed by atoms with Gasteiger partial charge in [0.25, 0.3) is 0 Å². The fraction of sp³-hybridized carbons (Fsp3) is 0.0769. The van der Waals surface area contributed by atoms with Gasteiger partial charge in [0.2, 0.25) is 0 Å². The fourth-order valence-electron chi connectivity index (χ4n) is 1.98. The molecule has 0 aliphatic heterocycles. The molecule has 0 aliphatic carbocycles. The maximum Gasteiger partial charge on any atom is 0.0502 e. The highest BCUT2D eigenvalue weighted by Crippen LogP contribution is 2.30. The molecule has 0 bridgehead atoms. The topological polar surface area (TPSA) is 15.8 Å². The van der Waals surface area contributed by atoms with Crippen LogP contribution < -0.4 is 0 Å². The van der Waals surface area contributed by atoms with E-state index in [2.05, 4.69) is 53.0 Å². The molecule has 2 heteroatoms. The molecule has 0 atom stereocenters. The number of thiophene rings is 1. The molecular weight excluding hydrogens is 202 g/mol. The molecule has 0 fully saturated rings. The van der Waals surface area contributed by atoms with Crippen molar-refractivity contribution >= 4 is 22.2 Å². The van der Waals surface area contributed by atoms with Gasteiger partial charge < -0.3 is 4.98 Å². The monoisotopic (exact) mass is 213 g/mol. The molecule has 2 heterocycles. The summed E-state index contributed by atoms with van der Waals surface area (Å²) in [6.07, 6.45) is 0. The van der Waals surface area contributed by atoms with Gasteiger partial charge in [-0.3, -0.25) is 0 Å². The standard InChI is InChI=1S/C13H11NS/c1-9-11-4-2-3-5-12(11)14-13(9)10-6-7-15-8-10/h2-8,14H,1H3. The molecule has 2 aromatic heterocycles. The number of hydrogen-bond donors (Lipinski definition) is 1. The Morgan fingerprint density at radius 3 is 2.73 bits per heavy atom. The van der Waals surface area contributed by atoms with Crippen molar-refractivity contribution in [2.75, 3.05) is 0 Å². The van der Waals surface area contributed by atoms with Crippen LogP contribution in [0.2, 0.25) is 0 Å². The molecule has 0 amide bonds. The first-order chi connectivity index (χ1) is 7.36. The summed E-state index contributed by atoms with van der Waals surface area (Å²) in [6, 6.07) is 10.6. The molecule has 0 saturated carbocycles. The van der Waals surface area contributed by atoms with E-state index in [1.54, 1.807) is 11.3 Å². The number of benzene rings is 1.